The van der Waals surface area contributed by atoms with Crippen LogP contribution in [0.1, 0.15) is 5.56 Å². The minimum atomic E-state index is -0.244. The van der Waals surface area contributed by atoms with Crippen molar-refractivity contribution in [3.05, 3.63) is 81.7 Å². The maximum atomic E-state index is 13.5. The normalized spacial score (nSPS) is 11.2. The van der Waals surface area contributed by atoms with Crippen molar-refractivity contribution in [3.63, 3.8) is 0 Å². The highest BCUT2D eigenvalue weighted by molar-refractivity contribution is 6.30. The van der Waals surface area contributed by atoms with E-state index < -0.39 is 0 Å². The number of fused-ring (bicyclic) bond motifs is 1. The lowest BCUT2D eigenvalue weighted by atomic mass is 10.1. The third kappa shape index (κ3) is 4.27. The van der Waals surface area contributed by atoms with Gasteiger partial charge in [0.15, 0.2) is 0 Å². The molecule has 2 heterocycles. The second kappa shape index (κ2) is 8.57. The summed E-state index contributed by atoms with van der Waals surface area (Å²) < 4.78 is 6.77. The Hall–Kier alpha value is -3.71. The predicted molar refractivity (Wildman–Crippen MR) is 123 cm³/mol. The van der Waals surface area contributed by atoms with Gasteiger partial charge in [-0.15, -0.1) is 0 Å². The van der Waals surface area contributed by atoms with E-state index in [9.17, 15) is 4.79 Å². The maximum absolute atomic E-state index is 13.5. The van der Waals surface area contributed by atoms with E-state index in [4.69, 9.17) is 21.3 Å². The van der Waals surface area contributed by atoms with Gasteiger partial charge in [-0.1, -0.05) is 35.9 Å². The lowest BCUT2D eigenvalue weighted by Crippen LogP contribution is -2.22. The summed E-state index contributed by atoms with van der Waals surface area (Å²) in [5, 5.41) is 6.89. The van der Waals surface area contributed by atoms with Gasteiger partial charge in [0.2, 0.25) is 0 Å². The highest BCUT2D eigenvalue weighted by Crippen LogP contribution is 2.24. The molecule has 0 aliphatic rings. The number of methoxy groups -OCH3 is 1. The topological polar surface area (TPSA) is 72.6 Å². The van der Waals surface area contributed by atoms with Crippen molar-refractivity contribution >= 4 is 28.7 Å². The fraction of sp³-hybridized carbons (Fsp3) is 0.130. The van der Waals surface area contributed by atoms with Crippen LogP contribution in [0, 0.1) is 0 Å². The van der Waals surface area contributed by atoms with Crippen molar-refractivity contribution in [2.75, 3.05) is 21.2 Å². The molecule has 31 heavy (non-hydrogen) atoms. The molecule has 0 saturated carbocycles. The number of halogens is 1. The first-order valence-electron chi connectivity index (χ1n) is 9.51. The van der Waals surface area contributed by atoms with Gasteiger partial charge >= 0.3 is 0 Å². The molecule has 0 spiro atoms. The van der Waals surface area contributed by atoms with E-state index in [0.29, 0.717) is 33.3 Å². The third-order valence-corrected chi connectivity index (χ3v) is 4.85. The van der Waals surface area contributed by atoms with E-state index in [1.165, 1.54) is 10.8 Å². The van der Waals surface area contributed by atoms with Crippen LogP contribution >= 0.6 is 11.6 Å². The van der Waals surface area contributed by atoms with Crippen LogP contribution in [-0.4, -0.2) is 47.0 Å². The van der Waals surface area contributed by atoms with Gasteiger partial charge in [-0.3, -0.25) is 4.79 Å². The van der Waals surface area contributed by atoms with Crippen LogP contribution in [0.4, 0.5) is 0 Å². The van der Waals surface area contributed by atoms with Crippen molar-refractivity contribution in [3.8, 4) is 23.0 Å². The number of hydrogen-bond acceptors (Lipinski definition) is 6. The Morgan fingerprint density at radius 1 is 1.10 bits per heavy atom. The molecule has 0 radical (unpaired) electrons. The first-order valence-corrected chi connectivity index (χ1v) is 9.88. The Morgan fingerprint density at radius 2 is 1.87 bits per heavy atom. The van der Waals surface area contributed by atoms with Gasteiger partial charge in [-0.05, 0) is 35.9 Å². The van der Waals surface area contributed by atoms with Crippen molar-refractivity contribution in [2.45, 2.75) is 0 Å². The van der Waals surface area contributed by atoms with Crippen LogP contribution in [0.25, 0.3) is 28.1 Å². The summed E-state index contributed by atoms with van der Waals surface area (Å²) in [7, 11) is 5.27. The van der Waals surface area contributed by atoms with Crippen LogP contribution < -0.4 is 10.3 Å². The largest absolute Gasteiger partial charge is 0.497 e. The molecular formula is C23H20ClN5O2. The van der Waals surface area contributed by atoms with Crippen LogP contribution in [0.5, 0.6) is 5.75 Å². The third-order valence-electron chi connectivity index (χ3n) is 4.62. The summed E-state index contributed by atoms with van der Waals surface area (Å²) in [5.41, 5.74) is 2.03. The standard InChI is InChI=1S/C23H20ClN5O2/c1-28(2)26-13-15-4-6-16(7-5-15)22-27-20-10-9-18(31-3)12-19(20)23(30)29(22)21-11-8-17(24)14-25-21/h4-14H,1-3H3. The molecule has 156 valence electrons. The molecule has 4 rings (SSSR count). The van der Waals surface area contributed by atoms with E-state index in [1.807, 2.05) is 38.4 Å². The van der Waals surface area contributed by atoms with Gasteiger partial charge in [0.05, 0.1) is 29.2 Å². The summed E-state index contributed by atoms with van der Waals surface area (Å²) in [5.74, 6) is 1.49. The molecule has 0 aliphatic heterocycles. The van der Waals surface area contributed by atoms with Gasteiger partial charge < -0.3 is 9.75 Å². The number of ether oxygens (including phenoxy) is 1. The van der Waals surface area contributed by atoms with Crippen molar-refractivity contribution in [2.24, 2.45) is 5.10 Å². The van der Waals surface area contributed by atoms with Crippen molar-refractivity contribution in [1.29, 1.82) is 0 Å². The number of aromatic nitrogens is 3. The smallest absolute Gasteiger partial charge is 0.267 e. The van der Waals surface area contributed by atoms with E-state index in [-0.39, 0.29) is 5.56 Å². The Labute approximate surface area is 184 Å². The van der Waals surface area contributed by atoms with E-state index in [2.05, 4.69) is 10.1 Å². The quantitative estimate of drug-likeness (QED) is 0.351. The molecule has 0 saturated heterocycles. The number of benzene rings is 2. The fourth-order valence-electron chi connectivity index (χ4n) is 3.10. The van der Waals surface area contributed by atoms with Crippen molar-refractivity contribution < 1.29 is 4.74 Å². The SMILES string of the molecule is COc1ccc2nc(-c3ccc(C=NN(C)C)cc3)n(-c3ccc(Cl)cn3)c(=O)c2c1. The van der Waals surface area contributed by atoms with E-state index >= 15 is 0 Å². The number of rotatable bonds is 5. The summed E-state index contributed by atoms with van der Waals surface area (Å²) in [6.07, 6.45) is 3.27. The van der Waals surface area contributed by atoms with Crippen molar-refractivity contribution in [1.82, 2.24) is 19.5 Å². The van der Waals surface area contributed by atoms with Crippen LogP contribution in [0.2, 0.25) is 5.02 Å². The lowest BCUT2D eigenvalue weighted by Gasteiger charge is -2.14. The average Bonchev–Trinajstić information content (AvgIpc) is 2.78. The molecule has 7 nitrogen and oxygen atoms in total. The molecule has 0 atom stereocenters. The van der Waals surface area contributed by atoms with Crippen LogP contribution in [-0.2, 0) is 0 Å². The summed E-state index contributed by atoms with van der Waals surface area (Å²) >= 11 is 6.00. The average molecular weight is 434 g/mol. The molecule has 2 aromatic heterocycles. The first-order chi connectivity index (χ1) is 15.0. The molecule has 0 N–H and O–H groups in total. The Bertz CT molecular complexity index is 1310. The van der Waals surface area contributed by atoms with Gasteiger partial charge in [-0.2, -0.15) is 5.10 Å². The zero-order valence-corrected chi connectivity index (χ0v) is 18.0. The molecule has 0 fully saturated rings. The Kier molecular flexibility index (Phi) is 5.68. The van der Waals surface area contributed by atoms with Gasteiger partial charge in [-0.25, -0.2) is 14.5 Å². The second-order valence-corrected chi connectivity index (χ2v) is 7.44. The van der Waals surface area contributed by atoms with Gasteiger partial charge in [0.1, 0.15) is 17.4 Å². The number of hydrazone groups is 1. The van der Waals surface area contributed by atoms with Crippen LogP contribution in [0.3, 0.4) is 0 Å². The predicted octanol–water partition coefficient (Wildman–Crippen LogP) is 4.01. The van der Waals surface area contributed by atoms with Gasteiger partial charge in [0.25, 0.3) is 5.56 Å². The molecule has 8 heteroatoms. The molecule has 2 aromatic carbocycles. The van der Waals surface area contributed by atoms with E-state index in [0.717, 1.165) is 11.1 Å². The van der Waals surface area contributed by atoms with E-state index in [1.54, 1.807) is 48.7 Å². The number of hydrogen-bond donors (Lipinski definition) is 0. The fourth-order valence-corrected chi connectivity index (χ4v) is 3.21. The Morgan fingerprint density at radius 3 is 2.52 bits per heavy atom. The molecule has 0 unspecified atom stereocenters. The summed E-state index contributed by atoms with van der Waals surface area (Å²) in [4.78, 5) is 22.6. The van der Waals surface area contributed by atoms with Gasteiger partial charge in [0, 0.05) is 25.9 Å². The lowest BCUT2D eigenvalue weighted by molar-refractivity contribution is 0.415. The Balaban J connectivity index is 1.94. The maximum Gasteiger partial charge on any atom is 0.267 e. The highest BCUT2D eigenvalue weighted by Gasteiger charge is 2.16. The second-order valence-electron chi connectivity index (χ2n) is 7.01. The minimum Gasteiger partial charge on any atom is -0.497 e. The molecule has 0 aliphatic carbocycles. The zero-order chi connectivity index (χ0) is 22.0. The molecule has 0 bridgehead atoms. The number of nitrogens with zero attached hydrogens (tertiary/aromatic N) is 5. The highest BCUT2D eigenvalue weighted by atomic mass is 35.5. The van der Waals surface area contributed by atoms with Crippen LogP contribution in [0.15, 0.2) is 70.7 Å². The molecule has 0 amide bonds. The minimum absolute atomic E-state index is 0.244. The monoisotopic (exact) mass is 433 g/mol. The molecule has 4 aromatic rings. The molecular weight excluding hydrogens is 414 g/mol. The summed E-state index contributed by atoms with van der Waals surface area (Å²) in [6.45, 7) is 0. The zero-order valence-electron chi connectivity index (χ0n) is 17.3. The number of pyridine rings is 1. The first kappa shape index (κ1) is 20.6. The summed E-state index contributed by atoms with van der Waals surface area (Å²) in [6, 6.07) is 16.3.